The maximum absolute atomic E-state index is 5.51. The summed E-state index contributed by atoms with van der Waals surface area (Å²) in [6.07, 6.45) is 4.69. The van der Waals surface area contributed by atoms with Crippen LogP contribution in [0.2, 0.25) is 0 Å². The van der Waals surface area contributed by atoms with Crippen molar-refractivity contribution < 1.29 is 4.74 Å². The summed E-state index contributed by atoms with van der Waals surface area (Å²) in [6.45, 7) is 0.319. The van der Waals surface area contributed by atoms with Gasteiger partial charge in [-0.2, -0.15) is 0 Å². The molecule has 0 aromatic heterocycles. The van der Waals surface area contributed by atoms with Crippen molar-refractivity contribution in [1.29, 1.82) is 0 Å². The van der Waals surface area contributed by atoms with E-state index in [1.807, 2.05) is 42.5 Å². The van der Waals surface area contributed by atoms with E-state index < -0.39 is 3.79 Å². The van der Waals surface area contributed by atoms with Gasteiger partial charge in [0, 0.05) is 6.42 Å². The molecule has 0 radical (unpaired) electrons. The lowest BCUT2D eigenvalue weighted by atomic mass is 10.2. The molecule has 0 atom stereocenters. The van der Waals surface area contributed by atoms with E-state index in [9.17, 15) is 0 Å². The van der Waals surface area contributed by atoms with Gasteiger partial charge < -0.3 is 4.74 Å². The standard InChI is InChI=1S/C14H13Cl3O/c15-14(16,17)12-18-11-7-2-1-4-8-13-9-5-3-6-10-13/h3-6,8-10H,1,11-12H2/b8-4+. The SMILES string of the molecule is ClC(Cl)(Cl)COCC#CC/C=C/c1ccccc1. The first-order chi connectivity index (χ1) is 8.58. The van der Waals surface area contributed by atoms with E-state index in [0.29, 0.717) is 6.42 Å². The molecule has 0 saturated carbocycles. The molecule has 0 unspecified atom stereocenters. The second kappa shape index (κ2) is 8.45. The second-order valence-corrected chi connectivity index (χ2v) is 5.99. The minimum absolute atomic E-state index is 0.0478. The molecule has 0 amide bonds. The molecule has 0 saturated heterocycles. The quantitative estimate of drug-likeness (QED) is 0.453. The van der Waals surface area contributed by atoms with Crippen molar-refractivity contribution in [2.24, 2.45) is 0 Å². The van der Waals surface area contributed by atoms with Gasteiger partial charge >= 0.3 is 0 Å². The maximum atomic E-state index is 5.51. The summed E-state index contributed by atoms with van der Waals surface area (Å²) in [5.74, 6) is 5.80. The highest BCUT2D eigenvalue weighted by atomic mass is 35.6. The molecule has 0 aliphatic rings. The fourth-order valence-corrected chi connectivity index (χ4v) is 1.39. The summed E-state index contributed by atoms with van der Waals surface area (Å²) in [5.41, 5.74) is 1.16. The summed E-state index contributed by atoms with van der Waals surface area (Å²) in [4.78, 5) is 0. The summed E-state index contributed by atoms with van der Waals surface area (Å²) in [7, 11) is 0. The highest BCUT2D eigenvalue weighted by molar-refractivity contribution is 6.67. The second-order valence-electron chi connectivity index (χ2n) is 3.48. The Morgan fingerprint density at radius 2 is 1.83 bits per heavy atom. The molecule has 0 spiro atoms. The van der Waals surface area contributed by atoms with Crippen LogP contribution in [0.5, 0.6) is 0 Å². The van der Waals surface area contributed by atoms with Crippen LogP contribution in [0, 0.1) is 11.8 Å². The highest BCUT2D eigenvalue weighted by Gasteiger charge is 2.18. The molecule has 1 rings (SSSR count). The van der Waals surface area contributed by atoms with Crippen LogP contribution < -0.4 is 0 Å². The average Bonchev–Trinajstić information content (AvgIpc) is 2.32. The van der Waals surface area contributed by atoms with Gasteiger partial charge in [0.05, 0.1) is 6.61 Å². The van der Waals surface area contributed by atoms with Crippen LogP contribution in [0.15, 0.2) is 36.4 Å². The lowest BCUT2D eigenvalue weighted by molar-refractivity contribution is 0.173. The first-order valence-corrected chi connectivity index (χ1v) is 6.53. The molecule has 0 heterocycles. The van der Waals surface area contributed by atoms with Gasteiger partial charge in [-0.25, -0.2) is 0 Å². The number of rotatable bonds is 4. The van der Waals surface area contributed by atoms with Gasteiger partial charge in [-0.3, -0.25) is 0 Å². The van der Waals surface area contributed by atoms with E-state index in [4.69, 9.17) is 39.5 Å². The van der Waals surface area contributed by atoms with Gasteiger partial charge in [0.2, 0.25) is 3.79 Å². The van der Waals surface area contributed by atoms with Crippen LogP contribution in [-0.2, 0) is 4.74 Å². The first kappa shape index (κ1) is 15.4. The van der Waals surface area contributed by atoms with Crippen LogP contribution in [0.3, 0.4) is 0 Å². The van der Waals surface area contributed by atoms with Gasteiger partial charge in [0.25, 0.3) is 0 Å². The fourth-order valence-electron chi connectivity index (χ4n) is 1.16. The highest BCUT2D eigenvalue weighted by Crippen LogP contribution is 2.25. The molecule has 0 fully saturated rings. The summed E-state index contributed by atoms with van der Waals surface area (Å²) < 4.78 is 3.70. The predicted octanol–water partition coefficient (Wildman–Crippen LogP) is 4.48. The van der Waals surface area contributed by atoms with E-state index in [2.05, 4.69) is 11.8 Å². The Bertz CT molecular complexity index is 424. The molecule has 96 valence electrons. The molecular formula is C14H13Cl3O. The number of alkyl halides is 3. The Kier molecular flexibility index (Phi) is 7.23. The van der Waals surface area contributed by atoms with Crippen LogP contribution >= 0.6 is 34.8 Å². The smallest absolute Gasteiger partial charge is 0.213 e. The summed E-state index contributed by atoms with van der Waals surface area (Å²) in [5, 5.41) is 0. The monoisotopic (exact) mass is 302 g/mol. The van der Waals surface area contributed by atoms with Gasteiger partial charge in [-0.1, -0.05) is 89.1 Å². The van der Waals surface area contributed by atoms with Crippen LogP contribution in [0.4, 0.5) is 0 Å². The minimum Gasteiger partial charge on any atom is -0.364 e. The van der Waals surface area contributed by atoms with Crippen molar-refractivity contribution >= 4 is 40.9 Å². The van der Waals surface area contributed by atoms with Crippen molar-refractivity contribution in [3.05, 3.63) is 42.0 Å². The number of benzene rings is 1. The predicted molar refractivity (Wildman–Crippen MR) is 79.0 cm³/mol. The van der Waals surface area contributed by atoms with Gasteiger partial charge in [0.1, 0.15) is 6.61 Å². The molecule has 0 N–H and O–H groups in total. The van der Waals surface area contributed by atoms with Crippen LogP contribution in [0.25, 0.3) is 6.08 Å². The third-order valence-electron chi connectivity index (χ3n) is 1.89. The number of ether oxygens (including phenoxy) is 1. The van der Waals surface area contributed by atoms with E-state index in [-0.39, 0.29) is 13.2 Å². The van der Waals surface area contributed by atoms with Crippen LogP contribution in [-0.4, -0.2) is 17.0 Å². The Labute approximate surface area is 123 Å². The lowest BCUT2D eigenvalue weighted by Gasteiger charge is -2.08. The van der Waals surface area contributed by atoms with Crippen molar-refractivity contribution in [3.8, 4) is 11.8 Å². The molecule has 1 aromatic carbocycles. The Balaban J connectivity index is 2.17. The third kappa shape index (κ3) is 8.44. The molecule has 1 aromatic rings. The third-order valence-corrected chi connectivity index (χ3v) is 2.22. The van der Waals surface area contributed by atoms with Gasteiger partial charge in [-0.15, -0.1) is 0 Å². The number of hydrogen-bond donors (Lipinski definition) is 0. The normalized spacial score (nSPS) is 11.3. The lowest BCUT2D eigenvalue weighted by Crippen LogP contribution is -2.12. The summed E-state index contributed by atoms with van der Waals surface area (Å²) in [6, 6.07) is 10.0. The molecule has 0 aliphatic carbocycles. The Morgan fingerprint density at radius 1 is 1.11 bits per heavy atom. The molecule has 4 heteroatoms. The Morgan fingerprint density at radius 3 is 2.50 bits per heavy atom. The molecular weight excluding hydrogens is 291 g/mol. The average molecular weight is 304 g/mol. The van der Waals surface area contributed by atoms with E-state index >= 15 is 0 Å². The fraction of sp³-hybridized carbons (Fsp3) is 0.286. The number of hydrogen-bond acceptors (Lipinski definition) is 1. The minimum atomic E-state index is -1.37. The van der Waals surface area contributed by atoms with Crippen molar-refractivity contribution in [3.63, 3.8) is 0 Å². The maximum Gasteiger partial charge on any atom is 0.213 e. The van der Waals surface area contributed by atoms with Gasteiger partial charge in [-0.05, 0) is 5.56 Å². The number of allylic oxidation sites excluding steroid dienone is 1. The zero-order chi connectivity index (χ0) is 13.3. The number of halogens is 3. The van der Waals surface area contributed by atoms with Gasteiger partial charge in [0.15, 0.2) is 0 Å². The summed E-state index contributed by atoms with van der Waals surface area (Å²) >= 11 is 16.5. The molecule has 0 bridgehead atoms. The first-order valence-electron chi connectivity index (χ1n) is 5.40. The zero-order valence-electron chi connectivity index (χ0n) is 9.70. The molecule has 0 aliphatic heterocycles. The van der Waals surface area contributed by atoms with E-state index in [0.717, 1.165) is 5.56 Å². The van der Waals surface area contributed by atoms with E-state index in [1.165, 1.54) is 0 Å². The van der Waals surface area contributed by atoms with Crippen molar-refractivity contribution in [2.45, 2.75) is 10.2 Å². The molecule has 1 nitrogen and oxygen atoms in total. The largest absolute Gasteiger partial charge is 0.364 e. The van der Waals surface area contributed by atoms with Crippen LogP contribution in [0.1, 0.15) is 12.0 Å². The zero-order valence-corrected chi connectivity index (χ0v) is 12.0. The molecule has 18 heavy (non-hydrogen) atoms. The van der Waals surface area contributed by atoms with Crippen molar-refractivity contribution in [1.82, 2.24) is 0 Å². The Hall–Kier alpha value is -0.650. The topological polar surface area (TPSA) is 9.23 Å². The van der Waals surface area contributed by atoms with E-state index in [1.54, 1.807) is 0 Å². The van der Waals surface area contributed by atoms with Crippen molar-refractivity contribution in [2.75, 3.05) is 13.2 Å².